The molecule has 3 rings (SSSR count). The van der Waals surface area contributed by atoms with E-state index in [-0.39, 0.29) is 5.57 Å². The fourth-order valence-corrected chi connectivity index (χ4v) is 2.59. The number of benzene rings is 1. The highest BCUT2D eigenvalue weighted by molar-refractivity contribution is 6.15. The van der Waals surface area contributed by atoms with Gasteiger partial charge in [-0.15, -0.1) is 0 Å². The third-order valence-corrected chi connectivity index (χ3v) is 3.87. The molecule has 2 aromatic rings. The van der Waals surface area contributed by atoms with Crippen LogP contribution in [0.4, 0.5) is 5.69 Å². The zero-order valence-electron chi connectivity index (χ0n) is 15.6. The molecule has 0 unspecified atom stereocenters. The molecule has 0 bridgehead atoms. The Labute approximate surface area is 156 Å². The Kier molecular flexibility index (Phi) is 4.89. The molecule has 8 nitrogen and oxygen atoms in total. The lowest BCUT2D eigenvalue weighted by Gasteiger charge is -2.29. The van der Waals surface area contributed by atoms with Crippen molar-refractivity contribution in [3.63, 3.8) is 0 Å². The van der Waals surface area contributed by atoms with Crippen LogP contribution in [0.5, 0.6) is 5.75 Å². The summed E-state index contributed by atoms with van der Waals surface area (Å²) < 4.78 is 17.7. The van der Waals surface area contributed by atoms with Gasteiger partial charge < -0.3 is 19.5 Å². The van der Waals surface area contributed by atoms with Crippen LogP contribution in [0.1, 0.15) is 25.1 Å². The number of carbonyl (C=O) groups excluding carboxylic acids is 2. The van der Waals surface area contributed by atoms with E-state index >= 15 is 0 Å². The van der Waals surface area contributed by atoms with Crippen LogP contribution in [0.2, 0.25) is 0 Å². The van der Waals surface area contributed by atoms with Gasteiger partial charge in [-0.2, -0.15) is 5.10 Å². The molecular formula is C19H21N3O5. The summed E-state index contributed by atoms with van der Waals surface area (Å²) in [5.41, 5.74) is 2.23. The summed E-state index contributed by atoms with van der Waals surface area (Å²) >= 11 is 0. The minimum Gasteiger partial charge on any atom is -0.487 e. The molecule has 1 fully saturated rings. The molecule has 1 aliphatic heterocycles. The van der Waals surface area contributed by atoms with Crippen LogP contribution in [-0.2, 0) is 32.7 Å². The number of rotatable bonds is 5. The van der Waals surface area contributed by atoms with Gasteiger partial charge in [0.1, 0.15) is 12.4 Å². The molecule has 0 aliphatic carbocycles. The van der Waals surface area contributed by atoms with Gasteiger partial charge in [0.2, 0.25) is 0 Å². The number of nitrogens with zero attached hydrogens (tertiary/aromatic N) is 2. The number of carbonyl (C=O) groups is 2. The Morgan fingerprint density at radius 1 is 1.22 bits per heavy atom. The Morgan fingerprint density at radius 3 is 2.52 bits per heavy atom. The lowest BCUT2D eigenvalue weighted by Crippen LogP contribution is -2.42. The fraction of sp³-hybridized carbons (Fsp3) is 0.316. The van der Waals surface area contributed by atoms with E-state index in [9.17, 15) is 9.59 Å². The highest BCUT2D eigenvalue weighted by Gasteiger charge is 2.38. The first-order valence-electron chi connectivity index (χ1n) is 8.39. The van der Waals surface area contributed by atoms with Crippen LogP contribution < -0.4 is 10.1 Å². The molecule has 8 heteroatoms. The molecule has 1 aromatic carbocycles. The topological polar surface area (TPSA) is 91.7 Å². The van der Waals surface area contributed by atoms with Crippen molar-refractivity contribution in [3.8, 4) is 5.75 Å². The van der Waals surface area contributed by atoms with E-state index in [4.69, 9.17) is 14.2 Å². The molecule has 1 aromatic heterocycles. The highest BCUT2D eigenvalue weighted by Crippen LogP contribution is 2.27. The predicted molar refractivity (Wildman–Crippen MR) is 96.7 cm³/mol. The van der Waals surface area contributed by atoms with Crippen LogP contribution >= 0.6 is 0 Å². The Bertz CT molecular complexity index is 892. The van der Waals surface area contributed by atoms with Gasteiger partial charge in [0.25, 0.3) is 5.79 Å². The van der Waals surface area contributed by atoms with Crippen LogP contribution in [0.3, 0.4) is 0 Å². The van der Waals surface area contributed by atoms with Crippen LogP contribution in [0.25, 0.3) is 0 Å². The van der Waals surface area contributed by atoms with Crippen molar-refractivity contribution < 1.29 is 23.8 Å². The van der Waals surface area contributed by atoms with Gasteiger partial charge in [-0.3, -0.25) is 4.68 Å². The first-order chi connectivity index (χ1) is 12.7. The van der Waals surface area contributed by atoms with Crippen LogP contribution in [0.15, 0.2) is 42.2 Å². The van der Waals surface area contributed by atoms with Crippen molar-refractivity contribution in [3.05, 3.63) is 53.5 Å². The monoisotopic (exact) mass is 371 g/mol. The SMILES string of the molecule is Cc1nn(C)cc1COc1ccccc1NC=C1C(=O)OC(C)(C)OC1=O. The second-order valence-corrected chi connectivity index (χ2v) is 6.58. The van der Waals surface area contributed by atoms with E-state index < -0.39 is 17.7 Å². The second-order valence-electron chi connectivity index (χ2n) is 6.58. The molecule has 0 amide bonds. The maximum Gasteiger partial charge on any atom is 0.350 e. The maximum absolute atomic E-state index is 12.0. The van der Waals surface area contributed by atoms with E-state index in [1.54, 1.807) is 16.8 Å². The summed E-state index contributed by atoms with van der Waals surface area (Å²) in [5.74, 6) is -2.19. The number of hydrogen-bond donors (Lipinski definition) is 1. The van der Waals surface area contributed by atoms with E-state index in [1.165, 1.54) is 20.0 Å². The summed E-state index contributed by atoms with van der Waals surface area (Å²) in [7, 11) is 1.85. The Hall–Kier alpha value is -3.29. The van der Waals surface area contributed by atoms with Crippen molar-refractivity contribution >= 4 is 17.6 Å². The number of cyclic esters (lactones) is 2. The van der Waals surface area contributed by atoms with E-state index in [0.29, 0.717) is 18.0 Å². The summed E-state index contributed by atoms with van der Waals surface area (Å²) in [6.45, 7) is 5.25. The summed E-state index contributed by atoms with van der Waals surface area (Å²) in [6, 6.07) is 7.19. The van der Waals surface area contributed by atoms with E-state index in [1.807, 2.05) is 32.3 Å². The number of nitrogens with one attached hydrogen (secondary N) is 1. The minimum atomic E-state index is -1.27. The average molecular weight is 371 g/mol. The number of ether oxygens (including phenoxy) is 3. The standard InChI is InChI=1S/C19H21N3O5/c1-12-13(10-22(4)21-12)11-25-16-8-6-5-7-15(16)20-9-14-17(23)26-19(2,3)27-18(14)24/h5-10,20H,11H2,1-4H3. The number of aryl methyl sites for hydroxylation is 2. The highest BCUT2D eigenvalue weighted by atomic mass is 16.7. The lowest BCUT2D eigenvalue weighted by atomic mass is 10.2. The molecule has 0 spiro atoms. The smallest absolute Gasteiger partial charge is 0.350 e. The summed E-state index contributed by atoms with van der Waals surface area (Å²) in [5, 5.41) is 7.20. The number of aromatic nitrogens is 2. The predicted octanol–water partition coefficient (Wildman–Crippen LogP) is 2.44. The molecule has 1 N–H and O–H groups in total. The van der Waals surface area contributed by atoms with Crippen LogP contribution in [0, 0.1) is 6.92 Å². The van der Waals surface area contributed by atoms with Crippen molar-refractivity contribution in [1.29, 1.82) is 0 Å². The molecule has 2 heterocycles. The quantitative estimate of drug-likeness (QED) is 0.490. The molecule has 1 saturated heterocycles. The molecule has 27 heavy (non-hydrogen) atoms. The molecular weight excluding hydrogens is 350 g/mol. The van der Waals surface area contributed by atoms with Gasteiger partial charge in [-0.1, -0.05) is 12.1 Å². The first-order valence-corrected chi connectivity index (χ1v) is 8.39. The number of para-hydroxylation sites is 2. The fourth-order valence-electron chi connectivity index (χ4n) is 2.59. The lowest BCUT2D eigenvalue weighted by molar-refractivity contribution is -0.222. The summed E-state index contributed by atoms with van der Waals surface area (Å²) in [4.78, 5) is 24.0. The van der Waals surface area contributed by atoms with Crippen molar-refractivity contribution in [1.82, 2.24) is 9.78 Å². The van der Waals surface area contributed by atoms with Crippen molar-refractivity contribution in [2.45, 2.75) is 33.2 Å². The Morgan fingerprint density at radius 2 is 1.89 bits per heavy atom. The van der Waals surface area contributed by atoms with Gasteiger partial charge in [0, 0.05) is 38.9 Å². The molecule has 1 aliphatic rings. The third-order valence-electron chi connectivity index (χ3n) is 3.87. The molecule has 0 radical (unpaired) electrons. The number of anilines is 1. The number of esters is 2. The Balaban J connectivity index is 1.73. The van der Waals surface area contributed by atoms with Crippen LogP contribution in [-0.4, -0.2) is 27.5 Å². The maximum atomic E-state index is 12.0. The van der Waals surface area contributed by atoms with E-state index in [0.717, 1.165) is 11.3 Å². The normalized spacial score (nSPS) is 15.8. The largest absolute Gasteiger partial charge is 0.487 e. The second kappa shape index (κ2) is 7.14. The van der Waals surface area contributed by atoms with Crippen molar-refractivity contribution in [2.75, 3.05) is 5.32 Å². The van der Waals surface area contributed by atoms with Gasteiger partial charge in [0.05, 0.1) is 11.4 Å². The van der Waals surface area contributed by atoms with Gasteiger partial charge in [-0.25, -0.2) is 9.59 Å². The molecule has 0 saturated carbocycles. The van der Waals surface area contributed by atoms with Gasteiger partial charge in [-0.05, 0) is 19.1 Å². The zero-order valence-corrected chi connectivity index (χ0v) is 15.6. The van der Waals surface area contributed by atoms with E-state index in [2.05, 4.69) is 10.4 Å². The van der Waals surface area contributed by atoms with Crippen molar-refractivity contribution in [2.24, 2.45) is 7.05 Å². The minimum absolute atomic E-state index is 0.216. The number of hydrogen-bond acceptors (Lipinski definition) is 7. The molecule has 142 valence electrons. The first kappa shape index (κ1) is 18.5. The van der Waals surface area contributed by atoms with Gasteiger partial charge in [0.15, 0.2) is 5.57 Å². The zero-order chi connectivity index (χ0) is 19.6. The summed E-state index contributed by atoms with van der Waals surface area (Å²) in [6.07, 6.45) is 3.15. The third kappa shape index (κ3) is 4.28. The average Bonchev–Trinajstić information content (AvgIpc) is 2.89. The molecule has 0 atom stereocenters. The van der Waals surface area contributed by atoms with Gasteiger partial charge >= 0.3 is 11.9 Å².